The highest BCUT2D eigenvalue weighted by Crippen LogP contribution is 2.43. The normalized spacial score (nSPS) is 34.1. The van der Waals surface area contributed by atoms with Crippen LogP contribution in [0.4, 0.5) is 0 Å². The van der Waals surface area contributed by atoms with Gasteiger partial charge in [0, 0.05) is 12.3 Å². The fourth-order valence-electron chi connectivity index (χ4n) is 3.09. The highest BCUT2D eigenvalue weighted by molar-refractivity contribution is 5.69. The van der Waals surface area contributed by atoms with Crippen molar-refractivity contribution in [3.8, 4) is 0 Å². The van der Waals surface area contributed by atoms with E-state index in [0.717, 1.165) is 12.8 Å². The van der Waals surface area contributed by atoms with Crippen LogP contribution >= 0.6 is 0 Å². The summed E-state index contributed by atoms with van der Waals surface area (Å²) >= 11 is 0. The van der Waals surface area contributed by atoms with E-state index in [4.69, 9.17) is 14.2 Å². The molecule has 0 aromatic heterocycles. The van der Waals surface area contributed by atoms with Crippen LogP contribution in [0.15, 0.2) is 0 Å². The number of carbonyl (C=O) groups excluding carboxylic acids is 1. The van der Waals surface area contributed by atoms with E-state index in [-0.39, 0.29) is 12.3 Å². The zero-order valence-corrected chi connectivity index (χ0v) is 10.7. The van der Waals surface area contributed by atoms with Crippen molar-refractivity contribution in [2.75, 3.05) is 19.8 Å². The minimum absolute atomic E-state index is 0.0883. The topological polar surface area (TPSA) is 44.8 Å². The summed E-state index contributed by atoms with van der Waals surface area (Å²) < 4.78 is 16.2. The predicted molar refractivity (Wildman–Crippen MR) is 62.3 cm³/mol. The van der Waals surface area contributed by atoms with Crippen molar-refractivity contribution in [3.63, 3.8) is 0 Å². The van der Waals surface area contributed by atoms with E-state index in [1.807, 2.05) is 6.92 Å². The van der Waals surface area contributed by atoms with E-state index in [0.29, 0.717) is 44.0 Å². The van der Waals surface area contributed by atoms with Gasteiger partial charge in [0.25, 0.3) is 0 Å². The molecule has 0 amide bonds. The number of hydrogen-bond acceptors (Lipinski definition) is 4. The molecule has 4 heteroatoms. The Hall–Kier alpha value is -0.610. The molecule has 0 unspecified atom stereocenters. The summed E-state index contributed by atoms with van der Waals surface area (Å²) in [4.78, 5) is 11.6. The van der Waals surface area contributed by atoms with Crippen LogP contribution in [0.1, 0.15) is 33.1 Å². The Bertz CT molecular complexity index is 260. The van der Waals surface area contributed by atoms with Gasteiger partial charge in [-0.1, -0.05) is 6.92 Å². The van der Waals surface area contributed by atoms with Crippen molar-refractivity contribution in [1.29, 1.82) is 0 Å². The van der Waals surface area contributed by atoms with Gasteiger partial charge in [0.1, 0.15) is 0 Å². The Morgan fingerprint density at radius 2 is 2.00 bits per heavy atom. The van der Waals surface area contributed by atoms with E-state index >= 15 is 0 Å². The van der Waals surface area contributed by atoms with Crippen molar-refractivity contribution < 1.29 is 19.0 Å². The summed E-state index contributed by atoms with van der Waals surface area (Å²) in [6, 6.07) is 0. The van der Waals surface area contributed by atoms with Crippen molar-refractivity contribution in [2.24, 2.45) is 17.8 Å². The first-order valence-electron chi connectivity index (χ1n) is 6.61. The second-order valence-electron chi connectivity index (χ2n) is 5.01. The van der Waals surface area contributed by atoms with E-state index in [1.165, 1.54) is 0 Å². The van der Waals surface area contributed by atoms with Gasteiger partial charge in [0.05, 0.1) is 19.8 Å². The highest BCUT2D eigenvalue weighted by Gasteiger charge is 2.42. The van der Waals surface area contributed by atoms with Gasteiger partial charge in [-0.15, -0.1) is 0 Å². The zero-order valence-electron chi connectivity index (χ0n) is 10.7. The quantitative estimate of drug-likeness (QED) is 0.707. The van der Waals surface area contributed by atoms with Crippen molar-refractivity contribution in [3.05, 3.63) is 0 Å². The van der Waals surface area contributed by atoms with Gasteiger partial charge in [0.15, 0.2) is 6.29 Å². The number of esters is 1. The average Bonchev–Trinajstić information content (AvgIpc) is 2.89. The maximum Gasteiger partial charge on any atom is 0.306 e. The first-order chi connectivity index (χ1) is 8.22. The molecule has 98 valence electrons. The minimum Gasteiger partial charge on any atom is -0.466 e. The van der Waals surface area contributed by atoms with Gasteiger partial charge >= 0.3 is 5.97 Å². The second kappa shape index (κ2) is 5.83. The van der Waals surface area contributed by atoms with Crippen molar-refractivity contribution >= 4 is 5.97 Å². The molecule has 1 heterocycles. The van der Waals surface area contributed by atoms with Crippen LogP contribution in [-0.4, -0.2) is 32.1 Å². The highest BCUT2D eigenvalue weighted by atomic mass is 16.7. The molecule has 0 N–H and O–H groups in total. The minimum atomic E-state index is -0.105. The van der Waals surface area contributed by atoms with Gasteiger partial charge < -0.3 is 14.2 Å². The van der Waals surface area contributed by atoms with E-state index < -0.39 is 0 Å². The molecule has 2 aliphatic rings. The third kappa shape index (κ3) is 2.99. The molecular weight excluding hydrogens is 220 g/mol. The smallest absolute Gasteiger partial charge is 0.306 e. The van der Waals surface area contributed by atoms with Crippen LogP contribution in [0.25, 0.3) is 0 Å². The Kier molecular flexibility index (Phi) is 4.40. The van der Waals surface area contributed by atoms with Crippen molar-refractivity contribution in [2.45, 2.75) is 39.4 Å². The number of hydrogen-bond donors (Lipinski definition) is 0. The summed E-state index contributed by atoms with van der Waals surface area (Å²) in [6.07, 6.45) is 2.63. The lowest BCUT2D eigenvalue weighted by molar-refractivity contribution is -0.147. The fraction of sp³-hybridized carbons (Fsp3) is 0.923. The summed E-state index contributed by atoms with van der Waals surface area (Å²) in [5.74, 6) is 1.18. The van der Waals surface area contributed by atoms with Crippen LogP contribution in [0.3, 0.4) is 0 Å². The first kappa shape index (κ1) is 12.8. The largest absolute Gasteiger partial charge is 0.466 e. The van der Waals surface area contributed by atoms with Gasteiger partial charge in [0.2, 0.25) is 0 Å². The van der Waals surface area contributed by atoms with Gasteiger partial charge in [-0.3, -0.25) is 4.79 Å². The molecule has 17 heavy (non-hydrogen) atoms. The van der Waals surface area contributed by atoms with Gasteiger partial charge in [-0.25, -0.2) is 0 Å². The molecule has 0 radical (unpaired) electrons. The third-order valence-electron chi connectivity index (χ3n) is 3.89. The monoisotopic (exact) mass is 242 g/mol. The molecule has 4 nitrogen and oxygen atoms in total. The number of rotatable bonds is 4. The Balaban J connectivity index is 1.93. The van der Waals surface area contributed by atoms with Crippen molar-refractivity contribution in [1.82, 2.24) is 0 Å². The van der Waals surface area contributed by atoms with Gasteiger partial charge in [-0.05, 0) is 31.6 Å². The Labute approximate surface area is 103 Å². The standard InChI is InChI=1S/C13H22O4/c1-3-15-11(14)8-10-5-4-9(2)12(10)13-16-6-7-17-13/h9-10,12-13H,3-8H2,1-2H3/t9-,10-,12+/m1/s1. The summed E-state index contributed by atoms with van der Waals surface area (Å²) in [5.41, 5.74) is 0. The van der Waals surface area contributed by atoms with E-state index in [9.17, 15) is 4.79 Å². The van der Waals surface area contributed by atoms with E-state index in [1.54, 1.807) is 0 Å². The van der Waals surface area contributed by atoms with E-state index in [2.05, 4.69) is 6.92 Å². The molecule has 1 aliphatic heterocycles. The maximum atomic E-state index is 11.6. The Morgan fingerprint density at radius 3 is 2.65 bits per heavy atom. The van der Waals surface area contributed by atoms with Crippen LogP contribution in [-0.2, 0) is 19.0 Å². The molecular formula is C13H22O4. The third-order valence-corrected chi connectivity index (χ3v) is 3.89. The first-order valence-corrected chi connectivity index (χ1v) is 6.61. The zero-order chi connectivity index (χ0) is 12.3. The molecule has 1 aliphatic carbocycles. The van der Waals surface area contributed by atoms with Crippen LogP contribution in [0, 0.1) is 17.8 Å². The van der Waals surface area contributed by atoms with Crippen LogP contribution in [0.5, 0.6) is 0 Å². The second-order valence-corrected chi connectivity index (χ2v) is 5.01. The number of carbonyl (C=O) groups is 1. The van der Waals surface area contributed by atoms with Gasteiger partial charge in [-0.2, -0.15) is 0 Å². The SMILES string of the molecule is CCOC(=O)C[C@H]1CC[C@@H](C)[C@@H]1C1OCCO1. The predicted octanol–water partition coefficient (Wildman–Crippen LogP) is 1.97. The molecule has 2 fully saturated rings. The molecule has 0 aromatic rings. The lowest BCUT2D eigenvalue weighted by Gasteiger charge is -2.26. The molecule has 0 spiro atoms. The maximum absolute atomic E-state index is 11.6. The summed E-state index contributed by atoms with van der Waals surface area (Å²) in [5, 5.41) is 0. The Morgan fingerprint density at radius 1 is 1.29 bits per heavy atom. The lowest BCUT2D eigenvalue weighted by Crippen LogP contribution is -2.30. The van der Waals surface area contributed by atoms with Crippen LogP contribution < -0.4 is 0 Å². The fourth-order valence-corrected chi connectivity index (χ4v) is 3.09. The molecule has 2 rings (SSSR count). The molecule has 0 aromatic carbocycles. The average molecular weight is 242 g/mol. The van der Waals surface area contributed by atoms with Crippen LogP contribution in [0.2, 0.25) is 0 Å². The summed E-state index contributed by atoms with van der Waals surface area (Å²) in [7, 11) is 0. The molecule has 1 saturated carbocycles. The lowest BCUT2D eigenvalue weighted by atomic mass is 9.87. The molecule has 3 atom stereocenters. The summed E-state index contributed by atoms with van der Waals surface area (Å²) in [6.45, 7) is 5.89. The number of ether oxygens (including phenoxy) is 3. The molecule has 0 bridgehead atoms. The molecule has 1 saturated heterocycles.